The lowest BCUT2D eigenvalue weighted by Crippen LogP contribution is -2.11. The molecule has 6 N–H and O–H groups in total. The number of amides is 1. The van der Waals surface area contributed by atoms with Crippen molar-refractivity contribution in [1.82, 2.24) is 14.6 Å². The molecule has 0 fully saturated rings. The lowest BCUT2D eigenvalue weighted by molar-refractivity contribution is 0.0999. The van der Waals surface area contributed by atoms with Gasteiger partial charge in [0.25, 0.3) is 5.91 Å². The highest BCUT2D eigenvalue weighted by Crippen LogP contribution is 2.21. The molecule has 2 aromatic rings. The second-order valence-corrected chi connectivity index (χ2v) is 4.15. The first-order valence-electron chi connectivity index (χ1n) is 7.44. The van der Waals surface area contributed by atoms with Gasteiger partial charge in [0.2, 0.25) is 0 Å². The first-order chi connectivity index (χ1) is 11.1. The Balaban J connectivity index is 0.000000594. The number of nitrogen functional groups attached to an aromatic ring is 1. The van der Waals surface area contributed by atoms with Crippen molar-refractivity contribution >= 4 is 17.2 Å². The minimum atomic E-state index is -0.512. The third-order valence-electron chi connectivity index (χ3n) is 2.69. The van der Waals surface area contributed by atoms with Crippen LogP contribution in [0.2, 0.25) is 0 Å². The van der Waals surface area contributed by atoms with Crippen molar-refractivity contribution in [2.45, 2.75) is 33.6 Å². The second kappa shape index (κ2) is 10.8. The summed E-state index contributed by atoms with van der Waals surface area (Å²) in [6.07, 6.45) is 9.54. The molecule has 0 spiro atoms. The van der Waals surface area contributed by atoms with Crippen molar-refractivity contribution < 1.29 is 4.79 Å². The standard InChI is InChI=1S/C10H11N5O.C4H9N.C2H6/c1-2-3-6-7(10(12)16)4-15-8(6)9(11)13-5-14-15;1-2-3-4-5;1-2/h2,4-5H,1,3H2,(H2,12,16)(H2,11,13,14);3-4H,2,5H2,1H3;1-2H3/b;4-3+;. The zero-order valence-electron chi connectivity index (χ0n) is 14.0. The molecule has 0 bridgehead atoms. The summed E-state index contributed by atoms with van der Waals surface area (Å²) in [6.45, 7) is 9.67. The normalized spacial score (nSPS) is 9.70. The number of fused-ring (bicyclic) bond motifs is 1. The Bertz CT molecular complexity index is 660. The topological polar surface area (TPSA) is 125 Å². The maximum absolute atomic E-state index is 11.3. The van der Waals surface area contributed by atoms with E-state index in [1.165, 1.54) is 10.8 Å². The predicted octanol–water partition coefficient (Wildman–Crippen LogP) is 2.03. The summed E-state index contributed by atoms with van der Waals surface area (Å²) in [5.41, 5.74) is 17.7. The monoisotopic (exact) mass is 318 g/mol. The van der Waals surface area contributed by atoms with Crippen LogP contribution in [-0.2, 0) is 6.42 Å². The number of rotatable bonds is 4. The van der Waals surface area contributed by atoms with Gasteiger partial charge in [-0.1, -0.05) is 32.9 Å². The van der Waals surface area contributed by atoms with Gasteiger partial charge in [-0.25, -0.2) is 9.50 Å². The fourth-order valence-corrected chi connectivity index (χ4v) is 1.80. The third kappa shape index (κ3) is 5.46. The molecule has 1 amide bonds. The molecule has 0 saturated carbocycles. The molecule has 0 aliphatic carbocycles. The number of primary amides is 1. The van der Waals surface area contributed by atoms with Gasteiger partial charge >= 0.3 is 0 Å². The van der Waals surface area contributed by atoms with Crippen LogP contribution in [0.15, 0.2) is 37.5 Å². The molecule has 7 heteroatoms. The molecule has 126 valence electrons. The Morgan fingerprint density at radius 2 is 2.09 bits per heavy atom. The van der Waals surface area contributed by atoms with Crippen LogP contribution in [0.4, 0.5) is 5.82 Å². The summed E-state index contributed by atoms with van der Waals surface area (Å²) in [5, 5.41) is 3.97. The predicted molar refractivity (Wildman–Crippen MR) is 94.8 cm³/mol. The molecule has 0 aliphatic rings. The molecule has 0 aliphatic heterocycles. The Morgan fingerprint density at radius 3 is 2.52 bits per heavy atom. The van der Waals surface area contributed by atoms with E-state index in [1.807, 2.05) is 26.8 Å². The van der Waals surface area contributed by atoms with E-state index in [4.69, 9.17) is 17.2 Å². The van der Waals surface area contributed by atoms with E-state index in [1.54, 1.807) is 18.5 Å². The molecule has 0 unspecified atom stereocenters. The molecular weight excluding hydrogens is 292 g/mol. The number of allylic oxidation sites excluding steroid dienone is 2. The van der Waals surface area contributed by atoms with E-state index in [0.29, 0.717) is 28.9 Å². The molecule has 0 saturated heterocycles. The third-order valence-corrected chi connectivity index (χ3v) is 2.69. The van der Waals surface area contributed by atoms with E-state index in [2.05, 4.69) is 16.7 Å². The molecule has 7 nitrogen and oxygen atoms in total. The van der Waals surface area contributed by atoms with Crippen molar-refractivity contribution in [2.24, 2.45) is 11.5 Å². The summed E-state index contributed by atoms with van der Waals surface area (Å²) in [6, 6.07) is 0. The van der Waals surface area contributed by atoms with Gasteiger partial charge in [-0.3, -0.25) is 4.79 Å². The Morgan fingerprint density at radius 1 is 1.43 bits per heavy atom. The number of nitrogens with two attached hydrogens (primary N) is 3. The van der Waals surface area contributed by atoms with Gasteiger partial charge in [-0.15, -0.1) is 6.58 Å². The van der Waals surface area contributed by atoms with Gasteiger partial charge in [0.15, 0.2) is 5.82 Å². The number of aromatic nitrogens is 3. The van der Waals surface area contributed by atoms with E-state index >= 15 is 0 Å². The highest BCUT2D eigenvalue weighted by Gasteiger charge is 2.16. The summed E-state index contributed by atoms with van der Waals surface area (Å²) in [4.78, 5) is 15.1. The van der Waals surface area contributed by atoms with Gasteiger partial charge in [-0.05, 0) is 24.6 Å². The van der Waals surface area contributed by atoms with E-state index in [-0.39, 0.29) is 0 Å². The number of hydrogen-bond donors (Lipinski definition) is 3. The molecular formula is C16H26N6O. The van der Waals surface area contributed by atoms with Crippen molar-refractivity contribution in [3.05, 3.63) is 48.6 Å². The zero-order valence-corrected chi connectivity index (χ0v) is 14.0. The number of carbonyl (C=O) groups excluding carboxylic acids is 1. The second-order valence-electron chi connectivity index (χ2n) is 4.15. The minimum absolute atomic E-state index is 0.319. The summed E-state index contributed by atoms with van der Waals surface area (Å²) in [5.74, 6) is -0.193. The number of carbonyl (C=O) groups is 1. The molecule has 0 atom stereocenters. The van der Waals surface area contributed by atoms with Gasteiger partial charge in [0, 0.05) is 6.20 Å². The quantitative estimate of drug-likeness (QED) is 0.744. The van der Waals surface area contributed by atoms with E-state index in [9.17, 15) is 4.79 Å². The molecule has 23 heavy (non-hydrogen) atoms. The Hall–Kier alpha value is -2.83. The van der Waals surface area contributed by atoms with Crippen molar-refractivity contribution in [3.8, 4) is 0 Å². The van der Waals surface area contributed by atoms with Gasteiger partial charge in [0.1, 0.15) is 11.8 Å². The maximum Gasteiger partial charge on any atom is 0.250 e. The highest BCUT2D eigenvalue weighted by molar-refractivity contribution is 5.97. The molecule has 2 heterocycles. The van der Waals surface area contributed by atoms with Crippen molar-refractivity contribution in [3.63, 3.8) is 0 Å². The molecule has 2 aromatic heterocycles. The minimum Gasteiger partial charge on any atom is -0.405 e. The van der Waals surface area contributed by atoms with Crippen LogP contribution in [0.25, 0.3) is 5.52 Å². The van der Waals surface area contributed by atoms with Crippen molar-refractivity contribution in [1.29, 1.82) is 0 Å². The van der Waals surface area contributed by atoms with Crippen LogP contribution in [0.1, 0.15) is 43.1 Å². The lowest BCUT2D eigenvalue weighted by Gasteiger charge is -2.00. The number of hydrogen-bond acceptors (Lipinski definition) is 5. The number of anilines is 1. The number of nitrogens with zero attached hydrogens (tertiary/aromatic N) is 3. The molecule has 2 rings (SSSR count). The van der Waals surface area contributed by atoms with Crippen molar-refractivity contribution in [2.75, 3.05) is 5.73 Å². The summed E-state index contributed by atoms with van der Waals surface area (Å²) < 4.78 is 1.50. The van der Waals surface area contributed by atoms with Crippen LogP contribution in [0.3, 0.4) is 0 Å². The molecule has 0 radical (unpaired) electrons. The van der Waals surface area contributed by atoms with Crippen LogP contribution in [-0.4, -0.2) is 20.5 Å². The molecule has 0 aromatic carbocycles. The first kappa shape index (κ1) is 20.2. The van der Waals surface area contributed by atoms with Gasteiger partial charge < -0.3 is 17.2 Å². The van der Waals surface area contributed by atoms with Crippen LogP contribution >= 0.6 is 0 Å². The summed E-state index contributed by atoms with van der Waals surface area (Å²) >= 11 is 0. The average Bonchev–Trinajstić information content (AvgIpc) is 2.92. The fraction of sp³-hybridized carbons (Fsp3) is 0.312. The Kier molecular flexibility index (Phi) is 9.50. The lowest BCUT2D eigenvalue weighted by atomic mass is 10.1. The van der Waals surface area contributed by atoms with Gasteiger partial charge in [0.05, 0.1) is 5.56 Å². The van der Waals surface area contributed by atoms with Crippen LogP contribution in [0, 0.1) is 0 Å². The van der Waals surface area contributed by atoms with Gasteiger partial charge in [-0.2, -0.15) is 5.10 Å². The smallest absolute Gasteiger partial charge is 0.250 e. The SMILES string of the molecule is C=CCc1c(C(N)=O)cn2ncnc(N)c12.CC.CC/C=C/N. The Labute approximate surface area is 136 Å². The van der Waals surface area contributed by atoms with Crippen LogP contribution < -0.4 is 17.2 Å². The zero-order chi connectivity index (χ0) is 17.8. The van der Waals surface area contributed by atoms with Crippen LogP contribution in [0.5, 0.6) is 0 Å². The maximum atomic E-state index is 11.3. The fourth-order valence-electron chi connectivity index (χ4n) is 1.80. The van der Waals surface area contributed by atoms with E-state index < -0.39 is 5.91 Å². The first-order valence-corrected chi connectivity index (χ1v) is 7.44. The highest BCUT2D eigenvalue weighted by atomic mass is 16.1. The van der Waals surface area contributed by atoms with E-state index in [0.717, 1.165) is 6.42 Å². The average molecular weight is 318 g/mol. The summed E-state index contributed by atoms with van der Waals surface area (Å²) in [7, 11) is 0. The largest absolute Gasteiger partial charge is 0.405 e.